The van der Waals surface area contributed by atoms with Crippen LogP contribution in [0.25, 0.3) is 0 Å². The molecular formula is C20H39N3O5. The van der Waals surface area contributed by atoms with Crippen molar-refractivity contribution in [3.05, 3.63) is 0 Å². The van der Waals surface area contributed by atoms with Crippen molar-refractivity contribution in [1.82, 2.24) is 15.5 Å². The van der Waals surface area contributed by atoms with Crippen molar-refractivity contribution in [2.75, 3.05) is 60.7 Å². The number of hydrogen-bond acceptors (Lipinski definition) is 7. The standard InChI is InChI=1S/C20H39N3O5/c1-23(2)12-7-5-4-6-10-18(28-16-15-27-14-13-26-3)20(25)22-19(24)17-9-8-11-21-17/h17-18,21H,4-16H2,1-3H3,(H,22,24,25). The van der Waals surface area contributed by atoms with Crippen LogP contribution in [0.15, 0.2) is 0 Å². The highest BCUT2D eigenvalue weighted by molar-refractivity contribution is 5.99. The third-order valence-electron chi connectivity index (χ3n) is 4.72. The van der Waals surface area contributed by atoms with Gasteiger partial charge >= 0.3 is 0 Å². The van der Waals surface area contributed by atoms with E-state index in [-0.39, 0.29) is 17.9 Å². The van der Waals surface area contributed by atoms with E-state index in [1.807, 2.05) is 0 Å². The van der Waals surface area contributed by atoms with Crippen molar-refractivity contribution in [1.29, 1.82) is 0 Å². The van der Waals surface area contributed by atoms with E-state index in [0.29, 0.717) is 32.8 Å². The molecule has 0 aromatic rings. The fourth-order valence-corrected chi connectivity index (χ4v) is 3.09. The number of amides is 2. The number of carbonyl (C=O) groups is 2. The average molecular weight is 402 g/mol. The van der Waals surface area contributed by atoms with Gasteiger partial charge in [0.1, 0.15) is 6.10 Å². The zero-order valence-electron chi connectivity index (χ0n) is 17.8. The monoisotopic (exact) mass is 401 g/mol. The van der Waals surface area contributed by atoms with E-state index < -0.39 is 6.10 Å². The Morgan fingerprint density at radius 2 is 1.86 bits per heavy atom. The molecule has 0 spiro atoms. The first-order chi connectivity index (χ1) is 13.5. The SMILES string of the molecule is COCCOCCOC(CCCCCCN(C)C)C(=O)NC(=O)C1CCCN1. The first kappa shape index (κ1) is 25.0. The summed E-state index contributed by atoms with van der Waals surface area (Å²) in [4.78, 5) is 26.9. The van der Waals surface area contributed by atoms with Crippen molar-refractivity contribution >= 4 is 11.8 Å². The Labute approximate surface area is 169 Å². The zero-order chi connectivity index (χ0) is 20.6. The second-order valence-electron chi connectivity index (χ2n) is 7.47. The molecule has 8 nitrogen and oxygen atoms in total. The normalized spacial score (nSPS) is 17.8. The molecule has 28 heavy (non-hydrogen) atoms. The number of unbranched alkanes of at least 4 members (excludes halogenated alkanes) is 3. The predicted octanol–water partition coefficient (Wildman–Crippen LogP) is 0.942. The van der Waals surface area contributed by atoms with Gasteiger partial charge in [0.25, 0.3) is 5.91 Å². The van der Waals surface area contributed by atoms with Gasteiger partial charge in [-0.25, -0.2) is 0 Å². The van der Waals surface area contributed by atoms with Crippen molar-refractivity contribution in [3.63, 3.8) is 0 Å². The third-order valence-corrected chi connectivity index (χ3v) is 4.72. The summed E-state index contributed by atoms with van der Waals surface area (Å²) in [5.41, 5.74) is 0. The molecule has 0 saturated carbocycles. The van der Waals surface area contributed by atoms with Crippen LogP contribution >= 0.6 is 0 Å². The van der Waals surface area contributed by atoms with Crippen LogP contribution in [0.4, 0.5) is 0 Å². The number of nitrogens with zero attached hydrogens (tertiary/aromatic N) is 1. The summed E-state index contributed by atoms with van der Waals surface area (Å²) in [5, 5.41) is 5.62. The summed E-state index contributed by atoms with van der Waals surface area (Å²) in [6.45, 7) is 3.63. The van der Waals surface area contributed by atoms with Gasteiger partial charge in [-0.05, 0) is 52.9 Å². The number of imide groups is 1. The molecule has 2 N–H and O–H groups in total. The molecule has 2 atom stereocenters. The highest BCUT2D eigenvalue weighted by atomic mass is 16.5. The maximum Gasteiger partial charge on any atom is 0.255 e. The molecule has 0 aliphatic carbocycles. The minimum Gasteiger partial charge on any atom is -0.382 e. The fourth-order valence-electron chi connectivity index (χ4n) is 3.09. The van der Waals surface area contributed by atoms with E-state index in [0.717, 1.165) is 51.6 Å². The maximum absolute atomic E-state index is 12.5. The van der Waals surface area contributed by atoms with Crippen LogP contribution in [-0.2, 0) is 23.8 Å². The molecular weight excluding hydrogens is 362 g/mol. The Hall–Kier alpha value is -1.06. The number of nitrogens with one attached hydrogen (secondary N) is 2. The van der Waals surface area contributed by atoms with Gasteiger partial charge in [0, 0.05) is 7.11 Å². The smallest absolute Gasteiger partial charge is 0.255 e. The molecule has 0 radical (unpaired) electrons. The van der Waals surface area contributed by atoms with Gasteiger partial charge in [-0.15, -0.1) is 0 Å². The quantitative estimate of drug-likeness (QED) is 0.372. The van der Waals surface area contributed by atoms with Gasteiger partial charge in [0.2, 0.25) is 5.91 Å². The lowest BCUT2D eigenvalue weighted by atomic mass is 10.1. The summed E-state index contributed by atoms with van der Waals surface area (Å²) in [6.07, 6.45) is 5.92. The van der Waals surface area contributed by atoms with Gasteiger partial charge < -0.3 is 24.4 Å². The highest BCUT2D eigenvalue weighted by Crippen LogP contribution is 2.10. The number of hydrogen-bond donors (Lipinski definition) is 2. The van der Waals surface area contributed by atoms with E-state index in [2.05, 4.69) is 29.6 Å². The van der Waals surface area contributed by atoms with Gasteiger partial charge in [0.15, 0.2) is 0 Å². The van der Waals surface area contributed by atoms with Crippen molar-refractivity contribution in [3.8, 4) is 0 Å². The molecule has 164 valence electrons. The molecule has 1 heterocycles. The van der Waals surface area contributed by atoms with Gasteiger partial charge in [-0.3, -0.25) is 14.9 Å². The Morgan fingerprint density at radius 1 is 1.11 bits per heavy atom. The van der Waals surface area contributed by atoms with Crippen LogP contribution in [-0.4, -0.2) is 89.6 Å². The zero-order valence-corrected chi connectivity index (χ0v) is 17.8. The maximum atomic E-state index is 12.5. The van der Waals surface area contributed by atoms with E-state index >= 15 is 0 Å². The molecule has 0 aromatic carbocycles. The summed E-state index contributed by atoms with van der Waals surface area (Å²) in [7, 11) is 5.76. The Kier molecular flexibility index (Phi) is 14.1. The number of methoxy groups -OCH3 is 1. The van der Waals surface area contributed by atoms with Crippen LogP contribution in [0.1, 0.15) is 44.9 Å². The minimum absolute atomic E-state index is 0.251. The van der Waals surface area contributed by atoms with E-state index in [1.54, 1.807) is 7.11 Å². The van der Waals surface area contributed by atoms with Crippen LogP contribution in [0, 0.1) is 0 Å². The Morgan fingerprint density at radius 3 is 2.54 bits per heavy atom. The third kappa shape index (κ3) is 11.7. The Bertz CT molecular complexity index is 428. The van der Waals surface area contributed by atoms with E-state index in [4.69, 9.17) is 14.2 Å². The summed E-state index contributed by atoms with van der Waals surface area (Å²) in [5.74, 6) is -0.595. The van der Waals surface area contributed by atoms with Crippen LogP contribution in [0.2, 0.25) is 0 Å². The molecule has 1 fully saturated rings. The molecule has 2 unspecified atom stereocenters. The van der Waals surface area contributed by atoms with Gasteiger partial charge in [0.05, 0.1) is 32.5 Å². The minimum atomic E-state index is -0.620. The van der Waals surface area contributed by atoms with Crippen molar-refractivity contribution in [2.45, 2.75) is 57.1 Å². The summed E-state index contributed by atoms with van der Waals surface area (Å²) >= 11 is 0. The number of carbonyl (C=O) groups excluding carboxylic acids is 2. The molecule has 0 aromatic heterocycles. The molecule has 1 saturated heterocycles. The van der Waals surface area contributed by atoms with E-state index in [9.17, 15) is 9.59 Å². The molecule has 8 heteroatoms. The highest BCUT2D eigenvalue weighted by Gasteiger charge is 2.27. The lowest BCUT2D eigenvalue weighted by Crippen LogP contribution is -2.47. The fraction of sp³-hybridized carbons (Fsp3) is 0.900. The van der Waals surface area contributed by atoms with Crippen LogP contribution in [0.3, 0.4) is 0 Å². The molecule has 1 aliphatic heterocycles. The van der Waals surface area contributed by atoms with Gasteiger partial charge in [-0.2, -0.15) is 0 Å². The van der Waals surface area contributed by atoms with Crippen molar-refractivity contribution < 1.29 is 23.8 Å². The molecule has 2 amide bonds. The number of ether oxygens (including phenoxy) is 3. The topological polar surface area (TPSA) is 89.1 Å². The summed E-state index contributed by atoms with van der Waals surface area (Å²) < 4.78 is 16.0. The van der Waals surface area contributed by atoms with Crippen LogP contribution in [0.5, 0.6) is 0 Å². The molecule has 1 aliphatic rings. The Balaban J connectivity index is 2.35. The van der Waals surface area contributed by atoms with E-state index in [1.165, 1.54) is 0 Å². The average Bonchev–Trinajstić information content (AvgIpc) is 3.20. The van der Waals surface area contributed by atoms with Gasteiger partial charge in [-0.1, -0.05) is 19.3 Å². The summed E-state index contributed by atoms with van der Waals surface area (Å²) in [6, 6.07) is -0.270. The van der Waals surface area contributed by atoms with Crippen LogP contribution < -0.4 is 10.6 Å². The first-order valence-electron chi connectivity index (χ1n) is 10.5. The van der Waals surface area contributed by atoms with Crippen molar-refractivity contribution in [2.24, 2.45) is 0 Å². The molecule has 1 rings (SSSR count). The largest absolute Gasteiger partial charge is 0.382 e. The second kappa shape index (κ2) is 15.8. The predicted molar refractivity (Wildman–Crippen MR) is 108 cm³/mol. The number of rotatable bonds is 16. The molecule has 0 bridgehead atoms. The lowest BCUT2D eigenvalue weighted by molar-refractivity contribution is -0.140. The first-order valence-corrected chi connectivity index (χ1v) is 10.5. The second-order valence-corrected chi connectivity index (χ2v) is 7.47. The lowest BCUT2D eigenvalue weighted by Gasteiger charge is -2.19.